The second-order valence-corrected chi connectivity index (χ2v) is 6.55. The molecule has 0 aromatic rings. The lowest BCUT2D eigenvalue weighted by Gasteiger charge is -2.31. The number of aliphatic imine (C=N–C) groups is 1. The van der Waals surface area contributed by atoms with Crippen molar-refractivity contribution in [1.29, 1.82) is 0 Å². The van der Waals surface area contributed by atoms with Crippen molar-refractivity contribution in [3.8, 4) is 0 Å². The number of guanidine groups is 1. The van der Waals surface area contributed by atoms with Crippen LogP contribution in [-0.2, 0) is 4.74 Å². The van der Waals surface area contributed by atoms with Gasteiger partial charge in [-0.25, -0.2) is 0 Å². The lowest BCUT2D eigenvalue weighted by Crippen LogP contribution is -2.45. The van der Waals surface area contributed by atoms with Gasteiger partial charge in [0.1, 0.15) is 0 Å². The van der Waals surface area contributed by atoms with Gasteiger partial charge in [-0.05, 0) is 39.8 Å². The SMILES string of the molecule is CCNC(=NCC(C)N1CCOCC1)NCCN1CCCCC1.I. The Morgan fingerprint density at radius 1 is 1.08 bits per heavy atom. The third-order valence-electron chi connectivity index (χ3n) is 4.70. The average Bonchev–Trinajstić information content (AvgIpc) is 2.61. The molecule has 0 spiro atoms. The quantitative estimate of drug-likeness (QED) is 0.347. The van der Waals surface area contributed by atoms with Crippen LogP contribution in [0.2, 0.25) is 0 Å². The summed E-state index contributed by atoms with van der Waals surface area (Å²) in [5.41, 5.74) is 0. The van der Waals surface area contributed by atoms with Gasteiger partial charge < -0.3 is 20.3 Å². The summed E-state index contributed by atoms with van der Waals surface area (Å²) in [6.45, 7) is 14.4. The molecular formula is C17H36IN5O. The zero-order valence-corrected chi connectivity index (χ0v) is 17.8. The predicted molar refractivity (Wildman–Crippen MR) is 112 cm³/mol. The smallest absolute Gasteiger partial charge is 0.191 e. The van der Waals surface area contributed by atoms with Crippen molar-refractivity contribution in [3.05, 3.63) is 0 Å². The summed E-state index contributed by atoms with van der Waals surface area (Å²) >= 11 is 0. The van der Waals surface area contributed by atoms with Crippen molar-refractivity contribution in [2.75, 3.05) is 65.6 Å². The number of ether oxygens (including phenoxy) is 1. The minimum absolute atomic E-state index is 0. The topological polar surface area (TPSA) is 52.1 Å². The molecule has 2 fully saturated rings. The Labute approximate surface area is 164 Å². The predicted octanol–water partition coefficient (Wildman–Crippen LogP) is 1.37. The lowest BCUT2D eigenvalue weighted by atomic mass is 10.1. The number of nitrogens with zero attached hydrogens (tertiary/aromatic N) is 3. The summed E-state index contributed by atoms with van der Waals surface area (Å²) in [4.78, 5) is 9.78. The zero-order chi connectivity index (χ0) is 16.3. The molecule has 2 saturated heterocycles. The van der Waals surface area contributed by atoms with Crippen LogP contribution in [0.4, 0.5) is 0 Å². The number of nitrogens with one attached hydrogen (secondary N) is 2. The summed E-state index contributed by atoms with van der Waals surface area (Å²) in [6.07, 6.45) is 4.10. The van der Waals surface area contributed by atoms with E-state index in [9.17, 15) is 0 Å². The maximum atomic E-state index is 5.42. The Morgan fingerprint density at radius 2 is 1.79 bits per heavy atom. The van der Waals surface area contributed by atoms with Crippen LogP contribution >= 0.6 is 24.0 Å². The average molecular weight is 453 g/mol. The van der Waals surface area contributed by atoms with Crippen molar-refractivity contribution >= 4 is 29.9 Å². The van der Waals surface area contributed by atoms with Gasteiger partial charge in [-0.1, -0.05) is 6.42 Å². The van der Waals surface area contributed by atoms with Gasteiger partial charge in [-0.3, -0.25) is 9.89 Å². The van der Waals surface area contributed by atoms with Crippen molar-refractivity contribution < 1.29 is 4.74 Å². The number of morpholine rings is 1. The molecule has 2 rings (SSSR count). The van der Waals surface area contributed by atoms with Gasteiger partial charge in [0.25, 0.3) is 0 Å². The number of likely N-dealkylation sites (tertiary alicyclic amines) is 1. The molecule has 0 aromatic heterocycles. The molecule has 2 aliphatic rings. The van der Waals surface area contributed by atoms with E-state index in [4.69, 9.17) is 9.73 Å². The number of halogens is 1. The molecule has 7 heteroatoms. The summed E-state index contributed by atoms with van der Waals surface area (Å²) in [5, 5.41) is 6.84. The van der Waals surface area contributed by atoms with Crippen molar-refractivity contribution in [2.24, 2.45) is 4.99 Å². The molecule has 24 heavy (non-hydrogen) atoms. The molecule has 1 unspecified atom stereocenters. The summed E-state index contributed by atoms with van der Waals surface area (Å²) in [5.74, 6) is 0.949. The largest absolute Gasteiger partial charge is 0.379 e. The third-order valence-corrected chi connectivity index (χ3v) is 4.70. The van der Waals surface area contributed by atoms with E-state index in [1.807, 2.05) is 0 Å². The van der Waals surface area contributed by atoms with E-state index in [-0.39, 0.29) is 24.0 Å². The molecule has 1 atom stereocenters. The Morgan fingerprint density at radius 3 is 2.46 bits per heavy atom. The Hall–Kier alpha value is -0.120. The molecule has 2 aliphatic heterocycles. The standard InChI is InChI=1S/C17H35N5O.HI/c1-3-18-17(19-7-10-21-8-5-4-6-9-21)20-15-16(2)22-11-13-23-14-12-22;/h16H,3-15H2,1-2H3,(H2,18,19,20);1H. The molecule has 0 saturated carbocycles. The van der Waals surface area contributed by atoms with Gasteiger partial charge in [0.2, 0.25) is 0 Å². The van der Waals surface area contributed by atoms with E-state index in [0.717, 1.165) is 58.4 Å². The fourth-order valence-electron chi connectivity index (χ4n) is 3.21. The molecule has 2 N–H and O–H groups in total. The van der Waals surface area contributed by atoms with E-state index in [1.54, 1.807) is 0 Å². The molecular weight excluding hydrogens is 417 g/mol. The highest BCUT2D eigenvalue weighted by atomic mass is 127. The highest BCUT2D eigenvalue weighted by Gasteiger charge is 2.16. The van der Waals surface area contributed by atoms with Crippen LogP contribution in [0.3, 0.4) is 0 Å². The highest BCUT2D eigenvalue weighted by molar-refractivity contribution is 14.0. The second kappa shape index (κ2) is 13.1. The first-order chi connectivity index (χ1) is 11.3. The van der Waals surface area contributed by atoms with E-state index in [1.165, 1.54) is 32.4 Å². The van der Waals surface area contributed by atoms with Crippen LogP contribution in [0.1, 0.15) is 33.1 Å². The van der Waals surface area contributed by atoms with Gasteiger partial charge in [0.05, 0.1) is 19.8 Å². The van der Waals surface area contributed by atoms with Crippen LogP contribution in [0.25, 0.3) is 0 Å². The molecule has 0 aliphatic carbocycles. The summed E-state index contributed by atoms with van der Waals surface area (Å²) in [6, 6.07) is 0.469. The fourth-order valence-corrected chi connectivity index (χ4v) is 3.21. The monoisotopic (exact) mass is 453 g/mol. The number of rotatable bonds is 7. The maximum Gasteiger partial charge on any atom is 0.191 e. The van der Waals surface area contributed by atoms with Gasteiger partial charge in [0, 0.05) is 38.8 Å². The van der Waals surface area contributed by atoms with Crippen molar-refractivity contribution in [3.63, 3.8) is 0 Å². The Bertz CT molecular complexity index is 344. The molecule has 0 amide bonds. The third kappa shape index (κ3) is 8.31. The first kappa shape index (κ1) is 21.9. The molecule has 0 bridgehead atoms. The van der Waals surface area contributed by atoms with Gasteiger partial charge in [0.15, 0.2) is 5.96 Å². The van der Waals surface area contributed by atoms with Crippen molar-refractivity contribution in [2.45, 2.75) is 39.2 Å². The van der Waals surface area contributed by atoms with Crippen LogP contribution < -0.4 is 10.6 Å². The van der Waals surface area contributed by atoms with Crippen LogP contribution in [0, 0.1) is 0 Å². The van der Waals surface area contributed by atoms with Crippen LogP contribution in [0.15, 0.2) is 4.99 Å². The van der Waals surface area contributed by atoms with Crippen molar-refractivity contribution in [1.82, 2.24) is 20.4 Å². The van der Waals surface area contributed by atoms with E-state index in [2.05, 4.69) is 34.3 Å². The number of hydrogen-bond acceptors (Lipinski definition) is 4. The van der Waals surface area contributed by atoms with E-state index < -0.39 is 0 Å². The van der Waals surface area contributed by atoms with Gasteiger partial charge >= 0.3 is 0 Å². The molecule has 2 heterocycles. The van der Waals surface area contributed by atoms with E-state index >= 15 is 0 Å². The first-order valence-corrected chi connectivity index (χ1v) is 9.36. The summed E-state index contributed by atoms with van der Waals surface area (Å²) < 4.78 is 5.42. The fraction of sp³-hybridized carbons (Fsp3) is 0.941. The van der Waals surface area contributed by atoms with Gasteiger partial charge in [-0.15, -0.1) is 24.0 Å². The minimum Gasteiger partial charge on any atom is -0.379 e. The van der Waals surface area contributed by atoms with Crippen LogP contribution in [-0.4, -0.2) is 87.4 Å². The summed E-state index contributed by atoms with van der Waals surface area (Å²) in [7, 11) is 0. The highest BCUT2D eigenvalue weighted by Crippen LogP contribution is 2.07. The lowest BCUT2D eigenvalue weighted by molar-refractivity contribution is 0.0220. The zero-order valence-electron chi connectivity index (χ0n) is 15.4. The Balaban J connectivity index is 0.00000288. The molecule has 0 aromatic carbocycles. The van der Waals surface area contributed by atoms with Gasteiger partial charge in [-0.2, -0.15) is 0 Å². The van der Waals surface area contributed by atoms with E-state index in [0.29, 0.717) is 6.04 Å². The Kier molecular flexibility index (Phi) is 12.0. The number of hydrogen-bond donors (Lipinski definition) is 2. The normalized spacial score (nSPS) is 21.8. The van der Waals surface area contributed by atoms with Crippen LogP contribution in [0.5, 0.6) is 0 Å². The molecule has 142 valence electrons. The minimum atomic E-state index is 0. The maximum absolute atomic E-state index is 5.42. The second-order valence-electron chi connectivity index (χ2n) is 6.55. The molecule has 6 nitrogen and oxygen atoms in total. The first-order valence-electron chi connectivity index (χ1n) is 9.36. The number of piperidine rings is 1. The molecule has 0 radical (unpaired) electrons.